The van der Waals surface area contributed by atoms with Crippen molar-refractivity contribution in [3.63, 3.8) is 0 Å². The first-order valence-electron chi connectivity index (χ1n) is 8.37. The average molecular weight is 343 g/mol. The van der Waals surface area contributed by atoms with E-state index in [1.165, 1.54) is 5.56 Å². The number of pyridine rings is 1. The minimum atomic E-state index is -3.46. The molecule has 24 heavy (non-hydrogen) atoms. The minimum absolute atomic E-state index is 0.132. The van der Waals surface area contributed by atoms with Crippen molar-refractivity contribution >= 4 is 10.2 Å². The standard InChI is InChI=1S/C18H21N3O2S/c22-24(23,20-11-9-16-5-1-2-6-17(16)14-20)21(18-7-8-18)13-15-4-3-10-19-12-15/h1-6,10,12,18H,7-9,11,13-14H2. The van der Waals surface area contributed by atoms with Crippen molar-refractivity contribution in [2.75, 3.05) is 6.54 Å². The molecule has 0 atom stereocenters. The molecule has 0 amide bonds. The second-order valence-electron chi connectivity index (χ2n) is 6.50. The van der Waals surface area contributed by atoms with Crippen LogP contribution in [0.25, 0.3) is 0 Å². The van der Waals surface area contributed by atoms with E-state index in [-0.39, 0.29) is 6.04 Å². The number of rotatable bonds is 5. The Kier molecular flexibility index (Phi) is 4.12. The summed E-state index contributed by atoms with van der Waals surface area (Å²) in [4.78, 5) is 4.11. The third kappa shape index (κ3) is 3.09. The van der Waals surface area contributed by atoms with Crippen LogP contribution in [-0.2, 0) is 29.7 Å². The molecule has 0 unspecified atom stereocenters. The lowest BCUT2D eigenvalue weighted by molar-refractivity contribution is 0.315. The topological polar surface area (TPSA) is 53.5 Å². The Hall–Kier alpha value is -1.76. The van der Waals surface area contributed by atoms with Crippen LogP contribution in [0.1, 0.15) is 29.5 Å². The fourth-order valence-electron chi connectivity index (χ4n) is 3.25. The van der Waals surface area contributed by atoms with Gasteiger partial charge in [0.05, 0.1) is 0 Å². The highest BCUT2D eigenvalue weighted by Crippen LogP contribution is 2.33. The predicted octanol–water partition coefficient (Wildman–Crippen LogP) is 2.35. The molecule has 1 aliphatic heterocycles. The lowest BCUT2D eigenvalue weighted by atomic mass is 10.0. The molecule has 2 aromatic rings. The number of hydrogen-bond donors (Lipinski definition) is 0. The van der Waals surface area contributed by atoms with E-state index in [1.807, 2.05) is 30.3 Å². The summed E-state index contributed by atoms with van der Waals surface area (Å²) in [6, 6.07) is 12.0. The summed E-state index contributed by atoms with van der Waals surface area (Å²) >= 11 is 0. The zero-order valence-electron chi connectivity index (χ0n) is 13.5. The first kappa shape index (κ1) is 15.7. The quantitative estimate of drug-likeness (QED) is 0.837. The first-order valence-corrected chi connectivity index (χ1v) is 9.77. The van der Waals surface area contributed by atoms with E-state index >= 15 is 0 Å². The fourth-order valence-corrected chi connectivity index (χ4v) is 5.07. The van der Waals surface area contributed by atoms with Crippen LogP contribution in [0, 0.1) is 0 Å². The molecule has 0 N–H and O–H groups in total. The molecule has 0 spiro atoms. The molecule has 6 heteroatoms. The highest BCUT2D eigenvalue weighted by molar-refractivity contribution is 7.86. The number of aromatic nitrogens is 1. The maximum Gasteiger partial charge on any atom is 0.282 e. The van der Waals surface area contributed by atoms with Gasteiger partial charge in [0, 0.05) is 38.1 Å². The fraction of sp³-hybridized carbons (Fsp3) is 0.389. The van der Waals surface area contributed by atoms with E-state index in [4.69, 9.17) is 0 Å². The third-order valence-corrected chi connectivity index (χ3v) is 6.72. The van der Waals surface area contributed by atoms with Crippen molar-refractivity contribution in [2.24, 2.45) is 0 Å². The first-order chi connectivity index (χ1) is 11.6. The molecular weight excluding hydrogens is 322 g/mol. The second-order valence-corrected chi connectivity index (χ2v) is 8.38. The number of nitrogens with zero attached hydrogens (tertiary/aromatic N) is 3. The lowest BCUT2D eigenvalue weighted by Gasteiger charge is -2.33. The van der Waals surface area contributed by atoms with E-state index < -0.39 is 10.2 Å². The van der Waals surface area contributed by atoms with Crippen LogP contribution in [0.5, 0.6) is 0 Å². The van der Waals surface area contributed by atoms with Crippen LogP contribution in [0.2, 0.25) is 0 Å². The summed E-state index contributed by atoms with van der Waals surface area (Å²) < 4.78 is 29.7. The molecule has 5 nitrogen and oxygen atoms in total. The van der Waals surface area contributed by atoms with Crippen LogP contribution in [0.3, 0.4) is 0 Å². The molecular formula is C18H21N3O2S. The molecule has 0 radical (unpaired) electrons. The SMILES string of the molecule is O=S(=O)(N1CCc2ccccc2C1)N(Cc1cccnc1)C1CC1. The van der Waals surface area contributed by atoms with E-state index in [2.05, 4.69) is 11.1 Å². The maximum absolute atomic E-state index is 13.2. The Labute approximate surface area is 143 Å². The smallest absolute Gasteiger partial charge is 0.264 e. The summed E-state index contributed by atoms with van der Waals surface area (Å²) in [5.74, 6) is 0. The highest BCUT2D eigenvalue weighted by atomic mass is 32.2. The zero-order valence-corrected chi connectivity index (χ0v) is 14.3. The van der Waals surface area contributed by atoms with Crippen molar-refractivity contribution in [3.8, 4) is 0 Å². The van der Waals surface area contributed by atoms with Gasteiger partial charge in [0.2, 0.25) is 0 Å². The van der Waals surface area contributed by atoms with Gasteiger partial charge >= 0.3 is 0 Å². The van der Waals surface area contributed by atoms with Gasteiger partial charge in [-0.3, -0.25) is 4.98 Å². The number of hydrogen-bond acceptors (Lipinski definition) is 3. The van der Waals surface area contributed by atoms with Gasteiger partial charge in [-0.2, -0.15) is 17.0 Å². The molecule has 0 saturated heterocycles. The summed E-state index contributed by atoms with van der Waals surface area (Å²) in [5, 5.41) is 0. The van der Waals surface area contributed by atoms with Gasteiger partial charge in [0.1, 0.15) is 0 Å². The van der Waals surface area contributed by atoms with E-state index in [0.717, 1.165) is 30.4 Å². The largest absolute Gasteiger partial charge is 0.282 e. The molecule has 1 aromatic carbocycles. The van der Waals surface area contributed by atoms with Crippen LogP contribution in [-0.4, -0.2) is 34.6 Å². The van der Waals surface area contributed by atoms with Crippen molar-refractivity contribution in [2.45, 2.75) is 38.4 Å². The summed E-state index contributed by atoms with van der Waals surface area (Å²) in [5.41, 5.74) is 3.31. The lowest BCUT2D eigenvalue weighted by Crippen LogP contribution is -2.46. The molecule has 4 rings (SSSR count). The van der Waals surface area contributed by atoms with Gasteiger partial charge in [-0.25, -0.2) is 0 Å². The molecule has 126 valence electrons. The maximum atomic E-state index is 13.2. The van der Waals surface area contributed by atoms with Crippen molar-refractivity contribution in [1.82, 2.24) is 13.6 Å². The Balaban J connectivity index is 1.58. The van der Waals surface area contributed by atoms with Gasteiger partial charge < -0.3 is 0 Å². The van der Waals surface area contributed by atoms with Gasteiger partial charge in [-0.05, 0) is 42.0 Å². The normalized spacial score (nSPS) is 18.5. The van der Waals surface area contributed by atoms with Gasteiger partial charge in [-0.15, -0.1) is 0 Å². The Morgan fingerprint density at radius 3 is 2.62 bits per heavy atom. The Bertz CT molecular complexity index is 819. The van der Waals surface area contributed by atoms with Crippen LogP contribution in [0.15, 0.2) is 48.8 Å². The van der Waals surface area contributed by atoms with Gasteiger partial charge in [0.25, 0.3) is 10.2 Å². The highest BCUT2D eigenvalue weighted by Gasteiger charge is 2.41. The minimum Gasteiger partial charge on any atom is -0.264 e. The van der Waals surface area contributed by atoms with Gasteiger partial charge in [0.15, 0.2) is 0 Å². The predicted molar refractivity (Wildman–Crippen MR) is 92.3 cm³/mol. The van der Waals surface area contributed by atoms with Crippen LogP contribution >= 0.6 is 0 Å². The van der Waals surface area contributed by atoms with Crippen LogP contribution < -0.4 is 0 Å². The number of benzene rings is 1. The molecule has 2 aliphatic rings. The van der Waals surface area contributed by atoms with Crippen molar-refractivity contribution in [3.05, 3.63) is 65.5 Å². The molecule has 1 aliphatic carbocycles. The second kappa shape index (κ2) is 6.27. The van der Waals surface area contributed by atoms with Crippen LogP contribution in [0.4, 0.5) is 0 Å². The Morgan fingerprint density at radius 1 is 1.12 bits per heavy atom. The van der Waals surface area contributed by atoms with E-state index in [1.54, 1.807) is 21.0 Å². The van der Waals surface area contributed by atoms with Crippen molar-refractivity contribution in [1.29, 1.82) is 0 Å². The Morgan fingerprint density at radius 2 is 1.92 bits per heavy atom. The third-order valence-electron chi connectivity index (χ3n) is 4.73. The molecule has 1 saturated carbocycles. The molecule has 1 aromatic heterocycles. The number of fused-ring (bicyclic) bond motifs is 1. The zero-order chi connectivity index (χ0) is 16.6. The monoisotopic (exact) mass is 343 g/mol. The summed E-state index contributed by atoms with van der Waals surface area (Å²) in [6.45, 7) is 1.42. The summed E-state index contributed by atoms with van der Waals surface area (Å²) in [7, 11) is -3.46. The van der Waals surface area contributed by atoms with E-state index in [9.17, 15) is 8.42 Å². The summed E-state index contributed by atoms with van der Waals surface area (Å²) in [6.07, 6.45) is 6.13. The van der Waals surface area contributed by atoms with E-state index in [0.29, 0.717) is 19.6 Å². The van der Waals surface area contributed by atoms with Gasteiger partial charge in [-0.1, -0.05) is 30.3 Å². The van der Waals surface area contributed by atoms with Crippen molar-refractivity contribution < 1.29 is 8.42 Å². The molecule has 2 heterocycles. The molecule has 0 bridgehead atoms. The molecule has 1 fully saturated rings. The average Bonchev–Trinajstić information content (AvgIpc) is 3.45.